The summed E-state index contributed by atoms with van der Waals surface area (Å²) in [4.78, 5) is 0. The van der Waals surface area contributed by atoms with E-state index in [0.717, 1.165) is 5.54 Å². The van der Waals surface area contributed by atoms with Gasteiger partial charge in [0.15, 0.2) is 0 Å². The average Bonchev–Trinajstić information content (AvgIpc) is 2.16. The topological polar surface area (TPSA) is 9.23 Å². The molecule has 86 valence electrons. The van der Waals surface area contributed by atoms with Gasteiger partial charge in [0, 0.05) is 7.11 Å². The molecule has 0 fully saturated rings. The quantitative estimate of drug-likeness (QED) is 0.678. The molecule has 1 nitrogen and oxygen atoms in total. The summed E-state index contributed by atoms with van der Waals surface area (Å²) in [6.07, 6.45) is 8.07. The Hall–Kier alpha value is -0.126. The highest BCUT2D eigenvalue weighted by Crippen LogP contribution is 2.40. The molecule has 1 atom stereocenters. The molecule has 0 N–H and O–H groups in total. The van der Waals surface area contributed by atoms with Crippen molar-refractivity contribution < 1.29 is 4.43 Å². The summed E-state index contributed by atoms with van der Waals surface area (Å²) < 4.78 is 5.76. The summed E-state index contributed by atoms with van der Waals surface area (Å²) in [7, 11) is -0.847. The first-order valence-corrected chi connectivity index (χ1v) is 12.2. The number of hydrogen-bond acceptors (Lipinski definition) is 1. The van der Waals surface area contributed by atoms with Crippen LogP contribution in [0.5, 0.6) is 0 Å². The molecule has 1 aliphatic rings. The zero-order valence-electron chi connectivity index (χ0n) is 10.9. The van der Waals surface area contributed by atoms with E-state index in [9.17, 15) is 0 Å². The monoisotopic (exact) mass is 240 g/mol. The summed E-state index contributed by atoms with van der Waals surface area (Å²) >= 11 is 0. The smallest absolute Gasteiger partial charge is 0.213 e. The largest absolute Gasteiger partial charge is 0.416 e. The highest BCUT2D eigenvalue weighted by molar-refractivity contribution is 6.85. The lowest BCUT2D eigenvalue weighted by atomic mass is 10.2. The fraction of sp³-hybridized carbons (Fsp3) is 0.667. The molecule has 0 heterocycles. The van der Waals surface area contributed by atoms with Crippen molar-refractivity contribution in [1.82, 2.24) is 0 Å². The zero-order chi connectivity index (χ0) is 11.7. The molecule has 0 bridgehead atoms. The third-order valence-electron chi connectivity index (χ3n) is 3.41. The van der Waals surface area contributed by atoms with Crippen LogP contribution in [0.3, 0.4) is 0 Å². The van der Waals surface area contributed by atoms with E-state index in [1.807, 2.05) is 7.11 Å². The van der Waals surface area contributed by atoms with Gasteiger partial charge in [-0.15, -0.1) is 0 Å². The Kier molecular flexibility index (Phi) is 3.79. The van der Waals surface area contributed by atoms with Gasteiger partial charge in [0.25, 0.3) is 0 Å². The van der Waals surface area contributed by atoms with Gasteiger partial charge >= 0.3 is 0 Å². The molecule has 0 amide bonds. The maximum Gasteiger partial charge on any atom is 0.213 e. The molecule has 1 aliphatic carbocycles. The van der Waals surface area contributed by atoms with E-state index in [2.05, 4.69) is 51.0 Å². The molecule has 1 unspecified atom stereocenters. The van der Waals surface area contributed by atoms with Crippen molar-refractivity contribution in [2.24, 2.45) is 0 Å². The van der Waals surface area contributed by atoms with E-state index in [1.165, 1.54) is 6.42 Å². The summed E-state index contributed by atoms with van der Waals surface area (Å²) in [5.41, 5.74) is 0.782. The van der Waals surface area contributed by atoms with Crippen LogP contribution >= 0.6 is 0 Å². The molecule has 0 aromatic rings. The Balaban J connectivity index is 3.02. The molecule has 0 saturated carbocycles. The van der Waals surface area contributed by atoms with E-state index in [0.29, 0.717) is 0 Å². The van der Waals surface area contributed by atoms with E-state index in [1.54, 1.807) is 5.20 Å². The van der Waals surface area contributed by atoms with Crippen LogP contribution in [0.2, 0.25) is 38.3 Å². The Morgan fingerprint density at radius 1 is 1.20 bits per heavy atom. The van der Waals surface area contributed by atoms with Gasteiger partial charge in [0.1, 0.15) is 0 Å². The summed E-state index contributed by atoms with van der Waals surface area (Å²) in [5, 5.41) is 1.62. The fourth-order valence-corrected chi connectivity index (χ4v) is 8.09. The van der Waals surface area contributed by atoms with Crippen molar-refractivity contribution in [3.05, 3.63) is 23.4 Å². The lowest BCUT2D eigenvalue weighted by Gasteiger charge is -2.38. The van der Waals surface area contributed by atoms with Gasteiger partial charge in [0.05, 0.1) is 8.07 Å². The van der Waals surface area contributed by atoms with E-state index in [-0.39, 0.29) is 0 Å². The van der Waals surface area contributed by atoms with Crippen LogP contribution in [-0.4, -0.2) is 23.5 Å². The van der Waals surface area contributed by atoms with E-state index in [4.69, 9.17) is 4.43 Å². The van der Waals surface area contributed by atoms with Gasteiger partial charge < -0.3 is 4.43 Å². The second-order valence-corrected chi connectivity index (χ2v) is 15.4. The summed E-state index contributed by atoms with van der Waals surface area (Å²) in [6.45, 7) is 12.0. The van der Waals surface area contributed by atoms with Crippen molar-refractivity contribution in [1.29, 1.82) is 0 Å². The lowest BCUT2D eigenvalue weighted by Crippen LogP contribution is -2.41. The van der Waals surface area contributed by atoms with Gasteiger partial charge in [-0.1, -0.05) is 43.1 Å². The highest BCUT2D eigenvalue weighted by atomic mass is 28.4. The first kappa shape index (κ1) is 12.9. The maximum absolute atomic E-state index is 5.76. The van der Waals surface area contributed by atoms with E-state index < -0.39 is 16.4 Å². The van der Waals surface area contributed by atoms with Crippen LogP contribution in [0.4, 0.5) is 0 Å². The second kappa shape index (κ2) is 4.39. The predicted octanol–water partition coefficient (Wildman–Crippen LogP) is 3.97. The maximum atomic E-state index is 5.76. The molecule has 0 aromatic heterocycles. The van der Waals surface area contributed by atoms with Crippen LogP contribution in [-0.2, 0) is 4.43 Å². The van der Waals surface area contributed by atoms with Crippen molar-refractivity contribution in [3.63, 3.8) is 0 Å². The third-order valence-corrected chi connectivity index (χ3v) is 9.26. The molecule has 15 heavy (non-hydrogen) atoms. The minimum atomic E-state index is -1.60. The zero-order valence-corrected chi connectivity index (χ0v) is 12.9. The highest BCUT2D eigenvalue weighted by Gasteiger charge is 2.38. The molecule has 1 rings (SSSR count). The molecule has 0 saturated heterocycles. The molecule has 0 aromatic carbocycles. The minimum Gasteiger partial charge on any atom is -0.416 e. The normalized spacial score (nSPS) is 22.8. The molecule has 0 spiro atoms. The summed E-state index contributed by atoms with van der Waals surface area (Å²) in [5.74, 6) is 0. The van der Waals surface area contributed by atoms with Crippen LogP contribution in [0, 0.1) is 0 Å². The van der Waals surface area contributed by atoms with Crippen molar-refractivity contribution in [2.75, 3.05) is 7.11 Å². The minimum absolute atomic E-state index is 0.782. The second-order valence-electron chi connectivity index (χ2n) is 5.92. The SMILES string of the molecule is CO[Si](C)(C)C1=CC=CCC1[Si](C)(C)C. The van der Waals surface area contributed by atoms with Crippen LogP contribution in [0.1, 0.15) is 6.42 Å². The van der Waals surface area contributed by atoms with Crippen LogP contribution < -0.4 is 0 Å². The van der Waals surface area contributed by atoms with Gasteiger partial charge in [-0.3, -0.25) is 0 Å². The fourth-order valence-electron chi connectivity index (χ4n) is 2.19. The van der Waals surface area contributed by atoms with Crippen LogP contribution in [0.25, 0.3) is 0 Å². The summed E-state index contributed by atoms with van der Waals surface area (Å²) in [6, 6.07) is 0. The predicted molar refractivity (Wildman–Crippen MR) is 73.4 cm³/mol. The Labute approximate surface area is 96.4 Å². The van der Waals surface area contributed by atoms with Gasteiger partial charge in [-0.2, -0.15) is 0 Å². The number of hydrogen-bond donors (Lipinski definition) is 0. The first-order chi connectivity index (χ1) is 6.79. The number of rotatable bonds is 3. The Bertz CT molecular complexity index is 284. The van der Waals surface area contributed by atoms with Gasteiger partial charge in [0.2, 0.25) is 8.32 Å². The average molecular weight is 240 g/mol. The lowest BCUT2D eigenvalue weighted by molar-refractivity contribution is 0.410. The van der Waals surface area contributed by atoms with Gasteiger partial charge in [-0.05, 0) is 25.1 Å². The van der Waals surface area contributed by atoms with E-state index >= 15 is 0 Å². The Morgan fingerprint density at radius 2 is 1.80 bits per heavy atom. The molecule has 0 aliphatic heterocycles. The first-order valence-electron chi connectivity index (χ1n) is 5.71. The van der Waals surface area contributed by atoms with Crippen molar-refractivity contribution in [3.8, 4) is 0 Å². The Morgan fingerprint density at radius 3 is 2.27 bits per heavy atom. The van der Waals surface area contributed by atoms with Crippen molar-refractivity contribution in [2.45, 2.75) is 44.7 Å². The third kappa shape index (κ3) is 2.92. The van der Waals surface area contributed by atoms with Crippen LogP contribution in [0.15, 0.2) is 23.4 Å². The van der Waals surface area contributed by atoms with Gasteiger partial charge in [-0.25, -0.2) is 0 Å². The molecule has 0 radical (unpaired) electrons. The molecular weight excluding hydrogens is 216 g/mol. The molecular formula is C12H24OSi2. The number of allylic oxidation sites excluding steroid dienone is 4. The standard InChI is InChI=1S/C12H24OSi2/c1-13-15(5,6)12-10-8-7-9-11(12)14(2,3)4/h7-8,10-11H,9H2,1-6H3. The van der Waals surface area contributed by atoms with Crippen molar-refractivity contribution >= 4 is 16.4 Å². The molecule has 3 heteroatoms.